The van der Waals surface area contributed by atoms with E-state index in [4.69, 9.17) is 20.4 Å². The first-order valence-electron chi connectivity index (χ1n) is 9.82. The summed E-state index contributed by atoms with van der Waals surface area (Å²) in [5.74, 6) is -1.01. The lowest BCUT2D eigenvalue weighted by atomic mass is 9.97. The predicted molar refractivity (Wildman–Crippen MR) is 107 cm³/mol. The van der Waals surface area contributed by atoms with Gasteiger partial charge in [-0.2, -0.15) is 5.06 Å². The summed E-state index contributed by atoms with van der Waals surface area (Å²) >= 11 is 0. The SMILES string of the molecule is CC(C)(C)OC(=O)N(CCC(=O)O)OCc1ccccc1.NC1CCCCC1. The summed E-state index contributed by atoms with van der Waals surface area (Å²) in [4.78, 5) is 28.0. The summed E-state index contributed by atoms with van der Waals surface area (Å²) in [6.45, 7) is 5.29. The lowest BCUT2D eigenvalue weighted by Crippen LogP contribution is -2.38. The lowest BCUT2D eigenvalue weighted by Gasteiger charge is -2.26. The smallest absolute Gasteiger partial charge is 0.434 e. The van der Waals surface area contributed by atoms with E-state index < -0.39 is 17.7 Å². The number of hydrogen-bond donors (Lipinski definition) is 2. The van der Waals surface area contributed by atoms with Crippen molar-refractivity contribution in [2.24, 2.45) is 5.73 Å². The number of carboxylic acids is 1. The summed E-state index contributed by atoms with van der Waals surface area (Å²) in [7, 11) is 0. The molecule has 2 rings (SSSR count). The van der Waals surface area contributed by atoms with Crippen LogP contribution in [-0.2, 0) is 21.0 Å². The van der Waals surface area contributed by atoms with Crippen molar-refractivity contribution in [3.05, 3.63) is 35.9 Å². The molecule has 0 unspecified atom stereocenters. The van der Waals surface area contributed by atoms with Crippen LogP contribution in [-0.4, -0.2) is 40.4 Å². The normalized spacial score (nSPS) is 14.6. The number of benzene rings is 1. The third-order valence-electron chi connectivity index (χ3n) is 4.01. The summed E-state index contributed by atoms with van der Waals surface area (Å²) in [5.41, 5.74) is 5.84. The first kappa shape index (κ1) is 23.9. The molecular formula is C21H34N2O5. The molecule has 158 valence electrons. The van der Waals surface area contributed by atoms with E-state index in [0.29, 0.717) is 6.04 Å². The Morgan fingerprint density at radius 2 is 1.75 bits per heavy atom. The minimum Gasteiger partial charge on any atom is -0.481 e. The van der Waals surface area contributed by atoms with Gasteiger partial charge in [-0.1, -0.05) is 49.6 Å². The van der Waals surface area contributed by atoms with Gasteiger partial charge in [0.25, 0.3) is 0 Å². The van der Waals surface area contributed by atoms with Crippen LogP contribution in [0.3, 0.4) is 0 Å². The Hall–Kier alpha value is -2.12. The maximum Gasteiger partial charge on any atom is 0.434 e. The van der Waals surface area contributed by atoms with Crippen LogP contribution in [0.4, 0.5) is 4.79 Å². The molecule has 1 aliphatic rings. The standard InChI is InChI=1S/C15H21NO5.C6H13N/c1-15(2,3)21-14(19)16(10-9-13(17)18)20-11-12-7-5-4-6-8-12;7-6-4-2-1-3-5-6/h4-8H,9-11H2,1-3H3,(H,17,18);6H,1-5,7H2. The summed E-state index contributed by atoms with van der Waals surface area (Å²) in [5, 5.41) is 9.68. The van der Waals surface area contributed by atoms with Crippen molar-refractivity contribution in [2.75, 3.05) is 6.54 Å². The Balaban J connectivity index is 0.000000467. The molecule has 1 aromatic rings. The number of hydroxylamine groups is 2. The number of nitrogens with two attached hydrogens (primary N) is 1. The predicted octanol–water partition coefficient (Wildman–Crippen LogP) is 4.11. The number of nitrogens with zero attached hydrogens (tertiary/aromatic N) is 1. The molecule has 0 atom stereocenters. The highest BCUT2D eigenvalue weighted by atomic mass is 16.7. The fraction of sp³-hybridized carbons (Fsp3) is 0.619. The largest absolute Gasteiger partial charge is 0.481 e. The van der Waals surface area contributed by atoms with Gasteiger partial charge in [-0.3, -0.25) is 9.63 Å². The lowest BCUT2D eigenvalue weighted by molar-refractivity contribution is -0.162. The highest BCUT2D eigenvalue weighted by Crippen LogP contribution is 2.15. The van der Waals surface area contributed by atoms with Crippen molar-refractivity contribution in [2.45, 2.75) is 77.5 Å². The zero-order chi connectivity index (χ0) is 21.0. The number of carbonyl (C=O) groups excluding carboxylic acids is 1. The second-order valence-electron chi connectivity index (χ2n) is 7.88. The van der Waals surface area contributed by atoms with Crippen LogP contribution in [0, 0.1) is 0 Å². The maximum absolute atomic E-state index is 12.0. The average molecular weight is 395 g/mol. The Bertz CT molecular complexity index is 580. The van der Waals surface area contributed by atoms with Crippen LogP contribution in [0.15, 0.2) is 30.3 Å². The summed E-state index contributed by atoms with van der Waals surface area (Å²) < 4.78 is 5.19. The van der Waals surface area contributed by atoms with Gasteiger partial charge in [-0.15, -0.1) is 0 Å². The average Bonchev–Trinajstić information content (AvgIpc) is 2.62. The van der Waals surface area contributed by atoms with Crippen molar-refractivity contribution >= 4 is 12.1 Å². The number of carboxylic acid groups (broad SMARTS) is 1. The van der Waals surface area contributed by atoms with Gasteiger partial charge in [0.05, 0.1) is 13.0 Å². The molecule has 28 heavy (non-hydrogen) atoms. The van der Waals surface area contributed by atoms with E-state index in [9.17, 15) is 9.59 Å². The summed E-state index contributed by atoms with van der Waals surface area (Å²) in [6, 6.07) is 9.82. The molecule has 0 radical (unpaired) electrons. The number of rotatable bonds is 6. The Morgan fingerprint density at radius 3 is 2.21 bits per heavy atom. The fourth-order valence-corrected chi connectivity index (χ4v) is 2.58. The molecule has 1 amide bonds. The summed E-state index contributed by atoms with van der Waals surface area (Å²) in [6.07, 6.45) is 5.75. The monoisotopic (exact) mass is 394 g/mol. The molecule has 0 aromatic heterocycles. The number of ether oxygens (including phenoxy) is 1. The van der Waals surface area contributed by atoms with E-state index in [1.54, 1.807) is 20.8 Å². The van der Waals surface area contributed by atoms with Crippen LogP contribution in [0.5, 0.6) is 0 Å². The Morgan fingerprint density at radius 1 is 1.14 bits per heavy atom. The second-order valence-corrected chi connectivity index (χ2v) is 7.88. The van der Waals surface area contributed by atoms with Gasteiger partial charge < -0.3 is 15.6 Å². The van der Waals surface area contributed by atoms with Gasteiger partial charge in [-0.25, -0.2) is 4.79 Å². The Kier molecular flexibility index (Phi) is 10.6. The third kappa shape index (κ3) is 11.6. The van der Waals surface area contributed by atoms with Gasteiger partial charge >= 0.3 is 12.1 Å². The van der Waals surface area contributed by atoms with Gasteiger partial charge in [0, 0.05) is 6.04 Å². The van der Waals surface area contributed by atoms with Crippen LogP contribution in [0.25, 0.3) is 0 Å². The molecule has 3 N–H and O–H groups in total. The molecule has 0 bridgehead atoms. The maximum atomic E-state index is 12.0. The molecule has 1 aliphatic carbocycles. The van der Waals surface area contributed by atoms with E-state index in [-0.39, 0.29) is 19.6 Å². The molecule has 0 heterocycles. The van der Waals surface area contributed by atoms with Crippen LogP contribution < -0.4 is 5.73 Å². The number of aliphatic carboxylic acids is 1. The molecule has 0 spiro atoms. The molecule has 0 aliphatic heterocycles. The van der Waals surface area contributed by atoms with Crippen LogP contribution in [0.1, 0.15) is 64.9 Å². The van der Waals surface area contributed by atoms with Crippen molar-refractivity contribution < 1.29 is 24.3 Å². The van der Waals surface area contributed by atoms with Crippen molar-refractivity contribution in [3.63, 3.8) is 0 Å². The molecule has 1 saturated carbocycles. The fourth-order valence-electron chi connectivity index (χ4n) is 2.58. The highest BCUT2D eigenvalue weighted by molar-refractivity contribution is 5.70. The van der Waals surface area contributed by atoms with Gasteiger partial charge in [0.2, 0.25) is 0 Å². The molecular weight excluding hydrogens is 360 g/mol. The van der Waals surface area contributed by atoms with Crippen molar-refractivity contribution in [1.29, 1.82) is 0 Å². The highest BCUT2D eigenvalue weighted by Gasteiger charge is 2.23. The topological polar surface area (TPSA) is 102 Å². The van der Waals surface area contributed by atoms with Crippen LogP contribution >= 0.6 is 0 Å². The quantitative estimate of drug-likeness (QED) is 0.704. The molecule has 7 nitrogen and oxygen atoms in total. The van der Waals surface area contributed by atoms with Gasteiger partial charge in [0.15, 0.2) is 0 Å². The molecule has 7 heteroatoms. The van der Waals surface area contributed by atoms with Crippen molar-refractivity contribution in [3.8, 4) is 0 Å². The zero-order valence-corrected chi connectivity index (χ0v) is 17.2. The number of carbonyl (C=O) groups is 2. The second kappa shape index (κ2) is 12.4. The first-order valence-corrected chi connectivity index (χ1v) is 9.82. The minimum absolute atomic E-state index is 0.0723. The van der Waals surface area contributed by atoms with Gasteiger partial charge in [-0.05, 0) is 39.2 Å². The molecule has 1 aromatic carbocycles. The first-order chi connectivity index (χ1) is 13.2. The van der Waals surface area contributed by atoms with E-state index in [0.717, 1.165) is 10.6 Å². The number of hydrogen-bond acceptors (Lipinski definition) is 5. The van der Waals surface area contributed by atoms with E-state index in [1.807, 2.05) is 30.3 Å². The molecule has 0 saturated heterocycles. The van der Waals surface area contributed by atoms with Gasteiger partial charge in [0.1, 0.15) is 12.2 Å². The minimum atomic E-state index is -1.01. The molecule has 1 fully saturated rings. The van der Waals surface area contributed by atoms with Crippen LogP contribution in [0.2, 0.25) is 0 Å². The number of amides is 1. The van der Waals surface area contributed by atoms with Crippen molar-refractivity contribution in [1.82, 2.24) is 5.06 Å². The zero-order valence-electron chi connectivity index (χ0n) is 17.2. The Labute approximate surface area is 167 Å². The van der Waals surface area contributed by atoms with E-state index in [2.05, 4.69) is 0 Å². The van der Waals surface area contributed by atoms with E-state index >= 15 is 0 Å². The van der Waals surface area contributed by atoms with E-state index in [1.165, 1.54) is 32.1 Å². The third-order valence-corrected chi connectivity index (χ3v) is 4.01.